The molecule has 5 heteroatoms. The van der Waals surface area contributed by atoms with Gasteiger partial charge in [-0.2, -0.15) is 11.3 Å². The molecule has 1 aromatic rings. The molecule has 124 valence electrons. The van der Waals surface area contributed by atoms with Crippen LogP contribution in [0.4, 0.5) is 5.69 Å². The molecule has 1 unspecified atom stereocenters. The molecule has 2 fully saturated rings. The number of anilines is 1. The molecule has 1 atom stereocenters. The summed E-state index contributed by atoms with van der Waals surface area (Å²) in [6, 6.07) is 2.22. The van der Waals surface area contributed by atoms with Crippen molar-refractivity contribution in [1.82, 2.24) is 4.90 Å². The Morgan fingerprint density at radius 3 is 2.91 bits per heavy atom. The van der Waals surface area contributed by atoms with Crippen LogP contribution in [0.1, 0.15) is 19.3 Å². The van der Waals surface area contributed by atoms with E-state index in [0.29, 0.717) is 6.10 Å². The number of morpholine rings is 1. The lowest BCUT2D eigenvalue weighted by Gasteiger charge is -2.38. The molecule has 2 aliphatic rings. The molecule has 0 saturated carbocycles. The van der Waals surface area contributed by atoms with Gasteiger partial charge in [0.1, 0.15) is 0 Å². The molecule has 2 aliphatic heterocycles. The average molecular weight is 324 g/mol. The highest BCUT2D eigenvalue weighted by Crippen LogP contribution is 2.23. The van der Waals surface area contributed by atoms with E-state index >= 15 is 0 Å². The summed E-state index contributed by atoms with van der Waals surface area (Å²) in [6.45, 7) is 7.32. The number of rotatable bonds is 6. The Labute approximate surface area is 138 Å². The predicted octanol–water partition coefficient (Wildman–Crippen LogP) is 2.70. The third-order valence-corrected chi connectivity index (χ3v) is 5.58. The SMILES string of the molecule is COCCC1CCN(CC2CN(c3ccsc3)CCO2)CC1. The van der Waals surface area contributed by atoms with Gasteiger partial charge in [-0.3, -0.25) is 0 Å². The lowest BCUT2D eigenvalue weighted by molar-refractivity contribution is 0.00759. The van der Waals surface area contributed by atoms with Crippen molar-refractivity contribution >= 4 is 17.0 Å². The predicted molar refractivity (Wildman–Crippen MR) is 91.9 cm³/mol. The van der Waals surface area contributed by atoms with E-state index in [0.717, 1.165) is 38.8 Å². The van der Waals surface area contributed by atoms with Crippen molar-refractivity contribution in [3.8, 4) is 0 Å². The molecule has 0 bridgehead atoms. The lowest BCUT2D eigenvalue weighted by Crippen LogP contribution is -2.49. The van der Waals surface area contributed by atoms with Crippen molar-refractivity contribution < 1.29 is 9.47 Å². The molecule has 0 spiro atoms. The average Bonchev–Trinajstić information content (AvgIpc) is 3.09. The highest BCUT2D eigenvalue weighted by atomic mass is 32.1. The van der Waals surface area contributed by atoms with Crippen LogP contribution >= 0.6 is 11.3 Å². The van der Waals surface area contributed by atoms with Crippen molar-refractivity contribution in [3.63, 3.8) is 0 Å². The first-order valence-electron chi connectivity index (χ1n) is 8.45. The Kier molecular flexibility index (Phi) is 6.12. The van der Waals surface area contributed by atoms with Crippen molar-refractivity contribution in [2.75, 3.05) is 57.9 Å². The molecule has 0 aliphatic carbocycles. The summed E-state index contributed by atoms with van der Waals surface area (Å²) in [5.41, 5.74) is 1.36. The van der Waals surface area contributed by atoms with Gasteiger partial charge in [-0.05, 0) is 49.7 Å². The van der Waals surface area contributed by atoms with E-state index in [9.17, 15) is 0 Å². The molecule has 3 heterocycles. The summed E-state index contributed by atoms with van der Waals surface area (Å²) in [6.07, 6.45) is 4.19. The maximum Gasteiger partial charge on any atom is 0.0877 e. The fourth-order valence-electron chi connectivity index (χ4n) is 3.53. The molecule has 0 aromatic carbocycles. The maximum absolute atomic E-state index is 6.00. The first-order valence-corrected chi connectivity index (χ1v) is 9.39. The summed E-state index contributed by atoms with van der Waals surface area (Å²) in [4.78, 5) is 5.06. The van der Waals surface area contributed by atoms with Crippen LogP contribution in [0.25, 0.3) is 0 Å². The smallest absolute Gasteiger partial charge is 0.0877 e. The summed E-state index contributed by atoms with van der Waals surface area (Å²) < 4.78 is 11.2. The molecular formula is C17H28N2O2S. The van der Waals surface area contributed by atoms with Crippen LogP contribution in [0.3, 0.4) is 0 Å². The van der Waals surface area contributed by atoms with Crippen LogP contribution in [0.2, 0.25) is 0 Å². The summed E-state index contributed by atoms with van der Waals surface area (Å²) in [5.74, 6) is 0.853. The van der Waals surface area contributed by atoms with E-state index in [1.165, 1.54) is 38.0 Å². The monoisotopic (exact) mass is 324 g/mol. The quantitative estimate of drug-likeness (QED) is 0.803. The first-order chi connectivity index (χ1) is 10.8. The Morgan fingerprint density at radius 1 is 1.32 bits per heavy atom. The molecule has 0 radical (unpaired) electrons. The van der Waals surface area contributed by atoms with Crippen molar-refractivity contribution in [2.45, 2.75) is 25.4 Å². The fourth-order valence-corrected chi connectivity index (χ4v) is 4.20. The molecular weight excluding hydrogens is 296 g/mol. The van der Waals surface area contributed by atoms with Crippen LogP contribution in [-0.2, 0) is 9.47 Å². The number of hydrogen-bond donors (Lipinski definition) is 0. The zero-order valence-electron chi connectivity index (χ0n) is 13.6. The second-order valence-electron chi connectivity index (χ2n) is 6.45. The number of ether oxygens (including phenoxy) is 2. The number of piperidine rings is 1. The van der Waals surface area contributed by atoms with Gasteiger partial charge in [-0.1, -0.05) is 0 Å². The van der Waals surface area contributed by atoms with Crippen molar-refractivity contribution in [2.24, 2.45) is 5.92 Å². The van der Waals surface area contributed by atoms with Crippen LogP contribution in [0, 0.1) is 5.92 Å². The minimum absolute atomic E-state index is 0.351. The third-order valence-electron chi connectivity index (χ3n) is 4.91. The normalized spacial score (nSPS) is 24.8. The number of nitrogens with zero attached hydrogens (tertiary/aromatic N) is 2. The molecule has 22 heavy (non-hydrogen) atoms. The maximum atomic E-state index is 6.00. The summed E-state index contributed by atoms with van der Waals surface area (Å²) >= 11 is 1.77. The van der Waals surface area contributed by atoms with E-state index in [1.807, 2.05) is 0 Å². The van der Waals surface area contributed by atoms with E-state index in [-0.39, 0.29) is 0 Å². The van der Waals surface area contributed by atoms with Gasteiger partial charge in [0.25, 0.3) is 0 Å². The second kappa shape index (κ2) is 8.29. The number of hydrogen-bond acceptors (Lipinski definition) is 5. The standard InChI is InChI=1S/C17H28N2O2S/c1-20-9-4-15-2-6-18(7-3-15)12-17-13-19(8-10-21-17)16-5-11-22-14-16/h5,11,14-15,17H,2-4,6-10,12-13H2,1H3. The molecule has 3 rings (SSSR count). The van der Waals surface area contributed by atoms with E-state index in [2.05, 4.69) is 26.6 Å². The molecule has 2 saturated heterocycles. The molecule has 4 nitrogen and oxygen atoms in total. The summed E-state index contributed by atoms with van der Waals surface area (Å²) in [7, 11) is 1.80. The van der Waals surface area contributed by atoms with Crippen LogP contribution < -0.4 is 4.90 Å². The lowest BCUT2D eigenvalue weighted by atomic mass is 9.94. The highest BCUT2D eigenvalue weighted by molar-refractivity contribution is 7.08. The van der Waals surface area contributed by atoms with Crippen molar-refractivity contribution in [1.29, 1.82) is 0 Å². The zero-order valence-corrected chi connectivity index (χ0v) is 14.4. The summed E-state index contributed by atoms with van der Waals surface area (Å²) in [5, 5.41) is 4.40. The van der Waals surface area contributed by atoms with E-state index in [4.69, 9.17) is 9.47 Å². The largest absolute Gasteiger partial charge is 0.385 e. The Balaban J connectivity index is 1.42. The van der Waals surface area contributed by atoms with Gasteiger partial charge in [-0.25, -0.2) is 0 Å². The minimum atomic E-state index is 0.351. The zero-order chi connectivity index (χ0) is 15.2. The van der Waals surface area contributed by atoms with Gasteiger partial charge in [0, 0.05) is 44.4 Å². The van der Waals surface area contributed by atoms with Gasteiger partial charge in [0.15, 0.2) is 0 Å². The first kappa shape index (κ1) is 16.2. The highest BCUT2D eigenvalue weighted by Gasteiger charge is 2.25. The van der Waals surface area contributed by atoms with Gasteiger partial charge in [0.05, 0.1) is 12.7 Å². The molecule has 0 amide bonds. The third kappa shape index (κ3) is 4.44. The van der Waals surface area contributed by atoms with Crippen LogP contribution in [0.5, 0.6) is 0 Å². The molecule has 1 aromatic heterocycles. The van der Waals surface area contributed by atoms with E-state index in [1.54, 1.807) is 18.4 Å². The fraction of sp³-hybridized carbons (Fsp3) is 0.765. The number of thiophene rings is 1. The Hall–Kier alpha value is -0.620. The topological polar surface area (TPSA) is 24.9 Å². The van der Waals surface area contributed by atoms with Crippen molar-refractivity contribution in [3.05, 3.63) is 16.8 Å². The molecule has 0 N–H and O–H groups in total. The van der Waals surface area contributed by atoms with Gasteiger partial charge in [0.2, 0.25) is 0 Å². The van der Waals surface area contributed by atoms with Crippen LogP contribution in [0.15, 0.2) is 16.8 Å². The Morgan fingerprint density at radius 2 is 2.18 bits per heavy atom. The number of methoxy groups -OCH3 is 1. The van der Waals surface area contributed by atoms with Gasteiger partial charge < -0.3 is 19.3 Å². The van der Waals surface area contributed by atoms with E-state index < -0.39 is 0 Å². The number of likely N-dealkylation sites (tertiary alicyclic amines) is 1. The van der Waals surface area contributed by atoms with Gasteiger partial charge >= 0.3 is 0 Å². The van der Waals surface area contributed by atoms with Gasteiger partial charge in [-0.15, -0.1) is 0 Å². The van der Waals surface area contributed by atoms with Crippen LogP contribution in [-0.4, -0.2) is 64.1 Å². The minimum Gasteiger partial charge on any atom is -0.385 e. The second-order valence-corrected chi connectivity index (χ2v) is 7.23. The Bertz CT molecular complexity index is 418.